The van der Waals surface area contributed by atoms with E-state index in [2.05, 4.69) is 241 Å². The molecule has 0 saturated heterocycles. The number of hydrogen-bond donors (Lipinski definition) is 0. The highest BCUT2D eigenvalue weighted by Gasteiger charge is 2.45. The Morgan fingerprint density at radius 1 is 0.311 bits per heavy atom. The fraction of sp³-hybridized carbons (Fsp3) is 0.0169. The maximum atomic E-state index is 2.39. The van der Waals surface area contributed by atoms with E-state index in [-0.39, 0.29) is 0 Å². The maximum absolute atomic E-state index is 2.39. The molecule has 0 spiro atoms. The average molecular weight is 794 g/mol. The van der Waals surface area contributed by atoms with Gasteiger partial charge in [-0.1, -0.05) is 176 Å². The van der Waals surface area contributed by atoms with Crippen molar-refractivity contribution in [3.05, 3.63) is 259 Å². The molecule has 0 amide bonds. The molecular formula is C59H39NS. The first-order valence-corrected chi connectivity index (χ1v) is 21.8. The monoisotopic (exact) mass is 793 g/mol. The van der Waals surface area contributed by atoms with Crippen molar-refractivity contribution in [1.29, 1.82) is 0 Å². The largest absolute Gasteiger partial charge is 0.311 e. The summed E-state index contributed by atoms with van der Waals surface area (Å²) >= 11 is 1.86. The zero-order chi connectivity index (χ0) is 40.3. The zero-order valence-corrected chi connectivity index (χ0v) is 34.2. The van der Waals surface area contributed by atoms with Crippen molar-refractivity contribution in [2.24, 2.45) is 0 Å². The first-order chi connectivity index (χ1) is 30.2. The summed E-state index contributed by atoms with van der Waals surface area (Å²) in [5.74, 6) is 0. The minimum Gasteiger partial charge on any atom is -0.311 e. The van der Waals surface area contributed by atoms with E-state index < -0.39 is 5.41 Å². The van der Waals surface area contributed by atoms with E-state index in [1.165, 1.54) is 86.6 Å². The average Bonchev–Trinajstić information content (AvgIpc) is 3.86. The third-order valence-electron chi connectivity index (χ3n) is 12.8. The third kappa shape index (κ3) is 5.75. The molecule has 1 aromatic heterocycles. The van der Waals surface area contributed by atoms with Gasteiger partial charge < -0.3 is 4.90 Å². The highest BCUT2D eigenvalue weighted by atomic mass is 32.1. The van der Waals surface area contributed by atoms with Gasteiger partial charge in [-0.3, -0.25) is 0 Å². The van der Waals surface area contributed by atoms with Crippen molar-refractivity contribution < 1.29 is 0 Å². The summed E-state index contributed by atoms with van der Waals surface area (Å²) in [6, 6.07) is 87.3. The zero-order valence-electron chi connectivity index (χ0n) is 33.4. The minimum atomic E-state index is -0.449. The predicted octanol–water partition coefficient (Wildman–Crippen LogP) is 16.4. The molecular weight excluding hydrogens is 755 g/mol. The van der Waals surface area contributed by atoms with Gasteiger partial charge in [-0.2, -0.15) is 0 Å². The van der Waals surface area contributed by atoms with E-state index in [4.69, 9.17) is 0 Å². The van der Waals surface area contributed by atoms with Gasteiger partial charge in [0.05, 0.1) is 5.41 Å². The van der Waals surface area contributed by atoms with Gasteiger partial charge in [-0.05, 0) is 127 Å². The summed E-state index contributed by atoms with van der Waals surface area (Å²) in [7, 11) is 0. The molecule has 1 aliphatic rings. The summed E-state index contributed by atoms with van der Waals surface area (Å²) in [5.41, 5.74) is 15.4. The van der Waals surface area contributed by atoms with E-state index in [9.17, 15) is 0 Å². The van der Waals surface area contributed by atoms with Crippen LogP contribution in [0.5, 0.6) is 0 Å². The number of thiophene rings is 1. The van der Waals surface area contributed by atoms with E-state index in [1.807, 2.05) is 11.3 Å². The number of fused-ring (bicyclic) bond motifs is 7. The molecule has 11 aromatic rings. The van der Waals surface area contributed by atoms with Gasteiger partial charge in [0.25, 0.3) is 0 Å². The van der Waals surface area contributed by atoms with Crippen LogP contribution < -0.4 is 4.90 Å². The Hall–Kier alpha value is -7.52. The van der Waals surface area contributed by atoms with Gasteiger partial charge in [0.1, 0.15) is 0 Å². The Morgan fingerprint density at radius 2 is 0.787 bits per heavy atom. The van der Waals surface area contributed by atoms with Crippen LogP contribution in [0.2, 0.25) is 0 Å². The van der Waals surface area contributed by atoms with Gasteiger partial charge in [0.2, 0.25) is 0 Å². The van der Waals surface area contributed by atoms with Crippen LogP contribution in [0, 0.1) is 0 Å². The molecule has 12 rings (SSSR count). The van der Waals surface area contributed by atoms with Crippen molar-refractivity contribution in [2.75, 3.05) is 4.90 Å². The molecule has 2 heteroatoms. The van der Waals surface area contributed by atoms with Crippen LogP contribution in [0.4, 0.5) is 17.1 Å². The quantitative estimate of drug-likeness (QED) is 0.155. The minimum absolute atomic E-state index is 0.449. The second kappa shape index (κ2) is 14.3. The molecule has 1 aliphatic carbocycles. The molecule has 1 heterocycles. The molecule has 0 aliphatic heterocycles. The smallest absolute Gasteiger partial charge is 0.0713 e. The summed E-state index contributed by atoms with van der Waals surface area (Å²) < 4.78 is 2.65. The molecule has 286 valence electrons. The van der Waals surface area contributed by atoms with E-state index in [1.54, 1.807) is 0 Å². The lowest BCUT2D eigenvalue weighted by Crippen LogP contribution is -2.28. The van der Waals surface area contributed by atoms with Gasteiger partial charge in [0, 0.05) is 37.2 Å². The standard InChI is InChI=1S/C59H39NS/c1-2-14-46(15-3-1)59(55-19-9-6-16-51(55)52-17-7-10-20-56(52)59)47-29-35-50(36-30-47)60(48-31-24-41(25-32-48)44-23-22-40-12-4-5-13-43(40)38-44)49-33-26-42(27-34-49)45-28-37-58-54(39-45)53-18-8-11-21-57(53)61-58/h1-39H. The molecule has 61 heavy (non-hydrogen) atoms. The molecule has 1 nitrogen and oxygen atoms in total. The first kappa shape index (κ1) is 35.4. The molecule has 0 N–H and O–H groups in total. The molecule has 0 atom stereocenters. The van der Waals surface area contributed by atoms with E-state index in [0.29, 0.717) is 0 Å². The topological polar surface area (TPSA) is 3.24 Å². The van der Waals surface area contributed by atoms with Crippen molar-refractivity contribution >= 4 is 59.3 Å². The van der Waals surface area contributed by atoms with Crippen LogP contribution >= 0.6 is 11.3 Å². The van der Waals surface area contributed by atoms with Crippen LogP contribution in [0.25, 0.3) is 64.3 Å². The lowest BCUT2D eigenvalue weighted by molar-refractivity contribution is 0.768. The Balaban J connectivity index is 0.975. The second-order valence-corrected chi connectivity index (χ2v) is 17.1. The van der Waals surface area contributed by atoms with E-state index >= 15 is 0 Å². The number of anilines is 3. The predicted molar refractivity (Wildman–Crippen MR) is 260 cm³/mol. The molecule has 0 fully saturated rings. The van der Waals surface area contributed by atoms with Crippen LogP contribution in [-0.2, 0) is 5.41 Å². The van der Waals surface area contributed by atoms with Crippen molar-refractivity contribution in [1.82, 2.24) is 0 Å². The molecule has 0 bridgehead atoms. The summed E-state index contributed by atoms with van der Waals surface area (Å²) in [6.07, 6.45) is 0. The molecule has 0 saturated carbocycles. The number of rotatable bonds is 7. The summed E-state index contributed by atoms with van der Waals surface area (Å²) in [4.78, 5) is 2.39. The fourth-order valence-electron chi connectivity index (χ4n) is 9.90. The highest BCUT2D eigenvalue weighted by molar-refractivity contribution is 7.25. The normalized spacial score (nSPS) is 12.7. The Kier molecular flexibility index (Phi) is 8.33. The van der Waals surface area contributed by atoms with Crippen LogP contribution in [0.1, 0.15) is 22.3 Å². The molecule has 0 unspecified atom stereocenters. The van der Waals surface area contributed by atoms with Crippen molar-refractivity contribution in [3.63, 3.8) is 0 Å². The summed E-state index contributed by atoms with van der Waals surface area (Å²) in [5, 5.41) is 5.14. The van der Waals surface area contributed by atoms with E-state index in [0.717, 1.165) is 17.1 Å². The molecule has 0 radical (unpaired) electrons. The lowest BCUT2D eigenvalue weighted by atomic mass is 9.68. The lowest BCUT2D eigenvalue weighted by Gasteiger charge is -2.34. The van der Waals surface area contributed by atoms with Crippen LogP contribution in [0.3, 0.4) is 0 Å². The van der Waals surface area contributed by atoms with Gasteiger partial charge in [-0.25, -0.2) is 0 Å². The van der Waals surface area contributed by atoms with Crippen LogP contribution in [0.15, 0.2) is 237 Å². The Bertz CT molecular complexity index is 3350. The summed E-state index contributed by atoms with van der Waals surface area (Å²) in [6.45, 7) is 0. The van der Waals surface area contributed by atoms with Crippen LogP contribution in [-0.4, -0.2) is 0 Å². The highest BCUT2D eigenvalue weighted by Crippen LogP contribution is 2.56. The van der Waals surface area contributed by atoms with Crippen molar-refractivity contribution in [3.8, 4) is 33.4 Å². The third-order valence-corrected chi connectivity index (χ3v) is 13.9. The first-order valence-electron chi connectivity index (χ1n) is 21.0. The Morgan fingerprint density at radius 3 is 1.46 bits per heavy atom. The van der Waals surface area contributed by atoms with Gasteiger partial charge >= 0.3 is 0 Å². The van der Waals surface area contributed by atoms with Crippen molar-refractivity contribution in [2.45, 2.75) is 5.41 Å². The number of hydrogen-bond acceptors (Lipinski definition) is 2. The van der Waals surface area contributed by atoms with Gasteiger partial charge in [-0.15, -0.1) is 11.3 Å². The second-order valence-electron chi connectivity index (χ2n) is 16.1. The maximum Gasteiger partial charge on any atom is 0.0713 e. The van der Waals surface area contributed by atoms with Gasteiger partial charge in [0.15, 0.2) is 0 Å². The SMILES string of the molecule is c1ccc(C2(c3ccc(N(c4ccc(-c5ccc6ccccc6c5)cc4)c4ccc(-c5ccc6sc7ccccc7c6c5)cc4)cc3)c3ccccc3-c3ccccc32)cc1. The molecule has 10 aromatic carbocycles. The number of benzene rings is 10. The number of nitrogens with zero attached hydrogens (tertiary/aromatic N) is 1. The Labute approximate surface area is 360 Å². The fourth-order valence-corrected chi connectivity index (χ4v) is 11.0.